The van der Waals surface area contributed by atoms with Gasteiger partial charge in [0, 0.05) is 66.2 Å². The zero-order valence-electron chi connectivity index (χ0n) is 19.9. The van der Waals surface area contributed by atoms with Gasteiger partial charge in [-0.05, 0) is 47.4 Å². The van der Waals surface area contributed by atoms with Gasteiger partial charge in [-0.25, -0.2) is 18.7 Å². The van der Waals surface area contributed by atoms with Gasteiger partial charge in [-0.2, -0.15) is 5.10 Å². The summed E-state index contributed by atoms with van der Waals surface area (Å²) >= 11 is 0. The van der Waals surface area contributed by atoms with E-state index >= 15 is 0 Å². The smallest absolute Gasteiger partial charge is 0.261 e. The van der Waals surface area contributed by atoms with Gasteiger partial charge in [0.2, 0.25) is 0 Å². The Balaban J connectivity index is 1.24. The van der Waals surface area contributed by atoms with Gasteiger partial charge >= 0.3 is 0 Å². The van der Waals surface area contributed by atoms with Gasteiger partial charge in [-0.3, -0.25) is 15.0 Å². The van der Waals surface area contributed by atoms with E-state index in [9.17, 15) is 8.78 Å². The predicted octanol–water partition coefficient (Wildman–Crippen LogP) is 5.75. The third-order valence-electron chi connectivity index (χ3n) is 7.08. The van der Waals surface area contributed by atoms with Crippen molar-refractivity contribution in [1.82, 2.24) is 35.0 Å². The summed E-state index contributed by atoms with van der Waals surface area (Å²) in [5.41, 5.74) is 8.11. The summed E-state index contributed by atoms with van der Waals surface area (Å²) in [6, 6.07) is 8.16. The molecule has 5 aromatic rings. The van der Waals surface area contributed by atoms with E-state index in [1.54, 1.807) is 23.5 Å². The maximum absolute atomic E-state index is 13.6. The number of aromatic nitrogens is 6. The third-order valence-corrected chi connectivity index (χ3v) is 7.08. The summed E-state index contributed by atoms with van der Waals surface area (Å²) in [5.74, 6) is -2.61. The molecule has 1 fully saturated rings. The molecule has 0 spiro atoms. The predicted molar refractivity (Wildman–Crippen MR) is 139 cm³/mol. The van der Waals surface area contributed by atoms with E-state index in [-0.39, 0.29) is 13.0 Å². The van der Waals surface area contributed by atoms with Crippen LogP contribution in [0.2, 0.25) is 0 Å². The first-order valence-electron chi connectivity index (χ1n) is 12.3. The largest absolute Gasteiger partial charge is 0.338 e. The van der Waals surface area contributed by atoms with Crippen LogP contribution in [0.3, 0.4) is 0 Å². The summed E-state index contributed by atoms with van der Waals surface area (Å²) in [5, 5.41) is 9.46. The van der Waals surface area contributed by atoms with Crippen LogP contribution in [0, 0.1) is 0 Å². The van der Waals surface area contributed by atoms with Crippen LogP contribution in [0.25, 0.3) is 50.2 Å². The summed E-state index contributed by atoms with van der Waals surface area (Å²) in [6.45, 7) is 0.620. The van der Waals surface area contributed by atoms with Gasteiger partial charge in [-0.15, -0.1) is 0 Å². The molecule has 37 heavy (non-hydrogen) atoms. The van der Waals surface area contributed by atoms with Crippen LogP contribution in [-0.4, -0.2) is 54.0 Å². The lowest BCUT2D eigenvalue weighted by atomic mass is 10.0. The van der Waals surface area contributed by atoms with Crippen molar-refractivity contribution in [3.05, 3.63) is 78.4 Å². The molecule has 184 valence electrons. The van der Waals surface area contributed by atoms with Crippen molar-refractivity contribution in [1.29, 1.82) is 0 Å². The SMILES string of the molecule is FC1(F)CCN(Cc2cncc(-c3cnc4n[nH]c(-c5cc6c(C7=CCC=C7)ccnc6[nH]5)c4c3)c2)C1. The highest BCUT2D eigenvalue weighted by molar-refractivity contribution is 5.99. The average molecular weight is 496 g/mol. The minimum atomic E-state index is -2.61. The van der Waals surface area contributed by atoms with Gasteiger partial charge in [0.05, 0.1) is 17.9 Å². The lowest BCUT2D eigenvalue weighted by molar-refractivity contribution is 0.0115. The van der Waals surface area contributed by atoms with Crippen molar-refractivity contribution in [3.8, 4) is 22.5 Å². The molecule has 2 N–H and O–H groups in total. The van der Waals surface area contributed by atoms with Crippen LogP contribution in [0.1, 0.15) is 24.0 Å². The van der Waals surface area contributed by atoms with E-state index in [2.05, 4.69) is 54.4 Å². The van der Waals surface area contributed by atoms with Crippen molar-refractivity contribution in [2.75, 3.05) is 13.1 Å². The number of likely N-dealkylation sites (tertiary alicyclic amines) is 1. The number of nitrogens with zero attached hydrogens (tertiary/aromatic N) is 5. The Bertz CT molecular complexity index is 1710. The minimum absolute atomic E-state index is 0.0942. The standard InChI is InChI=1S/C28H23F2N7/c29-28(30)6-8-37(16-28)15-17-9-19(13-31-12-17)20-10-23-25(35-36-27(23)33-14-20)24-11-22-21(18-3-1-2-4-18)5-7-32-26(22)34-24/h1,3-5,7,9-14H,2,6,8,15-16H2,(H,32,34)(H,33,35,36). The number of nitrogens with one attached hydrogen (secondary N) is 2. The monoisotopic (exact) mass is 495 g/mol. The average Bonchev–Trinajstić information content (AvgIpc) is 3.69. The highest BCUT2D eigenvalue weighted by Gasteiger charge is 2.37. The quantitative estimate of drug-likeness (QED) is 0.324. The number of pyridine rings is 3. The molecular weight excluding hydrogens is 472 g/mol. The number of hydrogen-bond acceptors (Lipinski definition) is 5. The zero-order valence-corrected chi connectivity index (χ0v) is 19.9. The minimum Gasteiger partial charge on any atom is -0.338 e. The number of alkyl halides is 2. The zero-order chi connectivity index (χ0) is 25.0. The summed E-state index contributed by atoms with van der Waals surface area (Å²) < 4.78 is 27.2. The second kappa shape index (κ2) is 8.41. The molecule has 0 atom stereocenters. The molecule has 0 aromatic carbocycles. The van der Waals surface area contributed by atoms with Crippen molar-refractivity contribution < 1.29 is 8.78 Å². The maximum Gasteiger partial charge on any atom is 0.261 e. The fourth-order valence-corrected chi connectivity index (χ4v) is 5.27. The molecule has 6 heterocycles. The normalized spacial score (nSPS) is 17.3. The van der Waals surface area contributed by atoms with Crippen LogP contribution >= 0.6 is 0 Å². The number of fused-ring (bicyclic) bond motifs is 2. The molecule has 1 aliphatic carbocycles. The van der Waals surface area contributed by atoms with E-state index in [1.165, 1.54) is 5.57 Å². The van der Waals surface area contributed by atoms with Gasteiger partial charge in [0.1, 0.15) is 5.65 Å². The fraction of sp³-hybridized carbons (Fsp3) is 0.214. The maximum atomic E-state index is 13.6. The lowest BCUT2D eigenvalue weighted by Gasteiger charge is -2.15. The topological polar surface area (TPSA) is 86.4 Å². The lowest BCUT2D eigenvalue weighted by Crippen LogP contribution is -2.24. The number of allylic oxidation sites excluding steroid dienone is 4. The Morgan fingerprint density at radius 1 is 1.03 bits per heavy atom. The Morgan fingerprint density at radius 3 is 2.78 bits per heavy atom. The molecule has 0 saturated carbocycles. The van der Waals surface area contributed by atoms with Crippen molar-refractivity contribution in [2.24, 2.45) is 0 Å². The van der Waals surface area contributed by atoms with E-state index < -0.39 is 5.92 Å². The second-order valence-corrected chi connectivity index (χ2v) is 9.69. The van der Waals surface area contributed by atoms with Crippen LogP contribution in [0.4, 0.5) is 8.78 Å². The Kier molecular flexibility index (Phi) is 5.00. The van der Waals surface area contributed by atoms with Crippen molar-refractivity contribution in [3.63, 3.8) is 0 Å². The van der Waals surface area contributed by atoms with Gasteiger partial charge < -0.3 is 4.98 Å². The second-order valence-electron chi connectivity index (χ2n) is 9.69. The molecule has 1 saturated heterocycles. The summed E-state index contributed by atoms with van der Waals surface area (Å²) in [4.78, 5) is 18.7. The molecule has 1 aliphatic heterocycles. The number of hydrogen-bond donors (Lipinski definition) is 2. The number of rotatable bonds is 5. The fourth-order valence-electron chi connectivity index (χ4n) is 5.27. The molecule has 9 heteroatoms. The Morgan fingerprint density at radius 2 is 1.95 bits per heavy atom. The molecule has 0 amide bonds. The van der Waals surface area contributed by atoms with Crippen LogP contribution < -0.4 is 0 Å². The molecule has 0 unspecified atom stereocenters. The molecule has 0 radical (unpaired) electrons. The summed E-state index contributed by atoms with van der Waals surface area (Å²) in [7, 11) is 0. The highest BCUT2D eigenvalue weighted by Crippen LogP contribution is 2.34. The number of halogens is 2. The molecule has 7 nitrogen and oxygen atoms in total. The first-order chi connectivity index (χ1) is 18.0. The Labute approximate surface area is 211 Å². The van der Waals surface area contributed by atoms with Crippen LogP contribution in [0.5, 0.6) is 0 Å². The van der Waals surface area contributed by atoms with E-state index in [4.69, 9.17) is 0 Å². The van der Waals surface area contributed by atoms with E-state index in [0.717, 1.165) is 56.5 Å². The van der Waals surface area contributed by atoms with Crippen LogP contribution in [-0.2, 0) is 6.54 Å². The van der Waals surface area contributed by atoms with Crippen molar-refractivity contribution in [2.45, 2.75) is 25.3 Å². The molecular formula is C28H23F2N7. The molecule has 0 bridgehead atoms. The highest BCUT2D eigenvalue weighted by atomic mass is 19.3. The molecule has 2 aliphatic rings. The van der Waals surface area contributed by atoms with E-state index in [1.807, 2.05) is 24.4 Å². The molecule has 7 rings (SSSR count). The van der Waals surface area contributed by atoms with Gasteiger partial charge in [0.15, 0.2) is 5.65 Å². The van der Waals surface area contributed by atoms with Crippen molar-refractivity contribution >= 4 is 27.6 Å². The number of H-pyrrole nitrogens is 2. The third kappa shape index (κ3) is 4.01. The first-order valence-corrected chi connectivity index (χ1v) is 12.3. The van der Waals surface area contributed by atoms with Gasteiger partial charge in [-0.1, -0.05) is 18.2 Å². The first kappa shape index (κ1) is 22.0. The van der Waals surface area contributed by atoms with E-state index in [0.29, 0.717) is 18.7 Å². The summed E-state index contributed by atoms with van der Waals surface area (Å²) in [6.07, 6.45) is 14.4. The van der Waals surface area contributed by atoms with Crippen LogP contribution in [0.15, 0.2) is 67.3 Å². The number of aromatic amines is 2. The molecule has 5 aromatic heterocycles. The Hall–Kier alpha value is -4.24. The van der Waals surface area contributed by atoms with Gasteiger partial charge in [0.25, 0.3) is 5.92 Å².